The standard InChI is InChI=1S/C42H85N2O6P/c1-3-5-7-9-11-13-15-17-19-20-21-22-24-26-28-30-32-34-36-42(46)44-40(39-50-51(47,48)49-38-37-43)41(45)35-33-31-29-27-25-23-18-16-14-12-10-8-6-4-2/h33,35,40-41,45H,3-32,34,36-39,43H2,1-2H3,(H,44,46)(H,47,48)/b35-33+. The molecule has 0 aliphatic rings. The van der Waals surface area contributed by atoms with Gasteiger partial charge in [-0.05, 0) is 19.3 Å². The Morgan fingerprint density at radius 2 is 1.00 bits per heavy atom. The lowest BCUT2D eigenvalue weighted by molar-refractivity contribution is -0.123. The number of nitrogens with one attached hydrogen (secondary N) is 1. The highest BCUT2D eigenvalue weighted by Gasteiger charge is 2.26. The normalized spacial score (nSPS) is 14.2. The van der Waals surface area contributed by atoms with Crippen LogP contribution in [0.3, 0.4) is 0 Å². The molecule has 0 fully saturated rings. The summed E-state index contributed by atoms with van der Waals surface area (Å²) < 4.78 is 22.1. The molecule has 0 heterocycles. The van der Waals surface area contributed by atoms with E-state index < -0.39 is 20.0 Å². The number of rotatable bonds is 41. The Balaban J connectivity index is 4.17. The number of carbonyl (C=O) groups is 1. The molecule has 1 amide bonds. The van der Waals surface area contributed by atoms with E-state index in [1.54, 1.807) is 6.08 Å². The number of hydrogen-bond acceptors (Lipinski definition) is 6. The van der Waals surface area contributed by atoms with Crippen molar-refractivity contribution in [1.29, 1.82) is 0 Å². The third-order valence-corrected chi connectivity index (χ3v) is 10.8. The van der Waals surface area contributed by atoms with Crippen LogP contribution in [0.2, 0.25) is 0 Å². The Morgan fingerprint density at radius 1 is 0.627 bits per heavy atom. The highest BCUT2D eigenvalue weighted by Crippen LogP contribution is 2.43. The molecule has 9 heteroatoms. The van der Waals surface area contributed by atoms with E-state index in [0.717, 1.165) is 38.5 Å². The second kappa shape index (κ2) is 38.9. The van der Waals surface area contributed by atoms with Gasteiger partial charge in [-0.25, -0.2) is 4.57 Å². The third kappa shape index (κ3) is 37.4. The first-order valence-electron chi connectivity index (χ1n) is 21.8. The fourth-order valence-electron chi connectivity index (χ4n) is 6.54. The predicted octanol–water partition coefficient (Wildman–Crippen LogP) is 12.0. The first-order chi connectivity index (χ1) is 24.9. The Morgan fingerprint density at radius 3 is 1.39 bits per heavy atom. The SMILES string of the molecule is CCCCCCCCCCCCCC/C=C/C(O)C(COP(=O)(O)OCCN)NC(=O)CCCCCCCCCCCCCCCCCCCC. The zero-order chi connectivity index (χ0) is 37.5. The number of aliphatic hydroxyl groups is 1. The van der Waals surface area contributed by atoms with Crippen LogP contribution in [0.4, 0.5) is 0 Å². The maximum Gasteiger partial charge on any atom is 0.472 e. The van der Waals surface area contributed by atoms with Crippen molar-refractivity contribution in [1.82, 2.24) is 5.32 Å². The van der Waals surface area contributed by atoms with Gasteiger partial charge in [-0.1, -0.05) is 206 Å². The summed E-state index contributed by atoms with van der Waals surface area (Å²) in [5.74, 6) is -0.191. The summed E-state index contributed by atoms with van der Waals surface area (Å²) in [5.41, 5.74) is 5.37. The van der Waals surface area contributed by atoms with Crippen molar-refractivity contribution in [3.05, 3.63) is 12.2 Å². The Bertz CT molecular complexity index is 814. The molecule has 5 N–H and O–H groups in total. The fourth-order valence-corrected chi connectivity index (χ4v) is 7.30. The van der Waals surface area contributed by atoms with Gasteiger partial charge in [0, 0.05) is 13.0 Å². The van der Waals surface area contributed by atoms with Gasteiger partial charge in [-0.2, -0.15) is 0 Å². The largest absolute Gasteiger partial charge is 0.472 e. The lowest BCUT2D eigenvalue weighted by Crippen LogP contribution is -2.45. The molecular formula is C42H85N2O6P. The van der Waals surface area contributed by atoms with Crippen LogP contribution >= 0.6 is 7.82 Å². The van der Waals surface area contributed by atoms with E-state index in [4.69, 9.17) is 14.8 Å². The number of unbranched alkanes of at least 4 members (excludes halogenated alkanes) is 29. The first kappa shape index (κ1) is 50.2. The monoisotopic (exact) mass is 745 g/mol. The summed E-state index contributed by atoms with van der Waals surface area (Å²) >= 11 is 0. The van der Waals surface area contributed by atoms with Crippen LogP contribution < -0.4 is 11.1 Å². The summed E-state index contributed by atoms with van der Waals surface area (Å²) in [6.07, 6.45) is 42.5. The molecule has 0 spiro atoms. The van der Waals surface area contributed by atoms with E-state index in [1.165, 1.54) is 161 Å². The molecule has 304 valence electrons. The minimum Gasteiger partial charge on any atom is -0.387 e. The number of phosphoric acid groups is 1. The van der Waals surface area contributed by atoms with Gasteiger partial charge in [0.2, 0.25) is 5.91 Å². The van der Waals surface area contributed by atoms with Gasteiger partial charge in [-0.15, -0.1) is 0 Å². The molecule has 51 heavy (non-hydrogen) atoms. The molecule has 0 aliphatic heterocycles. The summed E-state index contributed by atoms with van der Waals surface area (Å²) in [6.45, 7) is 4.15. The molecule has 0 aliphatic carbocycles. The van der Waals surface area contributed by atoms with E-state index in [-0.39, 0.29) is 25.7 Å². The lowest BCUT2D eigenvalue weighted by Gasteiger charge is -2.23. The lowest BCUT2D eigenvalue weighted by atomic mass is 10.0. The Kier molecular flexibility index (Phi) is 38.4. The first-order valence-corrected chi connectivity index (χ1v) is 23.3. The second-order valence-electron chi connectivity index (χ2n) is 14.9. The van der Waals surface area contributed by atoms with Crippen LogP contribution in [0.15, 0.2) is 12.2 Å². The maximum absolute atomic E-state index is 12.7. The van der Waals surface area contributed by atoms with Gasteiger partial charge in [0.05, 0.1) is 25.4 Å². The van der Waals surface area contributed by atoms with Crippen LogP contribution in [-0.4, -0.2) is 47.8 Å². The molecule has 0 radical (unpaired) electrons. The molecule has 3 unspecified atom stereocenters. The van der Waals surface area contributed by atoms with Gasteiger partial charge in [0.15, 0.2) is 0 Å². The smallest absolute Gasteiger partial charge is 0.387 e. The Labute approximate surface area is 315 Å². The van der Waals surface area contributed by atoms with E-state index in [0.29, 0.717) is 6.42 Å². The molecule has 0 rings (SSSR count). The molecule has 0 bridgehead atoms. The molecule has 0 saturated carbocycles. The highest BCUT2D eigenvalue weighted by atomic mass is 31.2. The predicted molar refractivity (Wildman–Crippen MR) is 217 cm³/mol. The summed E-state index contributed by atoms with van der Waals surface area (Å²) in [6, 6.07) is -0.853. The van der Waals surface area contributed by atoms with Gasteiger partial charge in [0.25, 0.3) is 0 Å². The summed E-state index contributed by atoms with van der Waals surface area (Å²) in [5, 5.41) is 13.7. The summed E-state index contributed by atoms with van der Waals surface area (Å²) in [4.78, 5) is 22.7. The van der Waals surface area contributed by atoms with Gasteiger partial charge in [0.1, 0.15) is 0 Å². The zero-order valence-corrected chi connectivity index (χ0v) is 34.5. The molecule has 0 aromatic heterocycles. The maximum atomic E-state index is 12.7. The summed E-state index contributed by atoms with van der Waals surface area (Å²) in [7, 11) is -4.33. The van der Waals surface area contributed by atoms with Gasteiger partial charge >= 0.3 is 7.82 Å². The number of carbonyl (C=O) groups excluding carboxylic acids is 1. The molecular weight excluding hydrogens is 659 g/mol. The van der Waals surface area contributed by atoms with Crippen LogP contribution in [-0.2, 0) is 18.4 Å². The van der Waals surface area contributed by atoms with Crippen molar-refractivity contribution in [2.45, 2.75) is 231 Å². The second-order valence-corrected chi connectivity index (χ2v) is 16.4. The Hall–Kier alpha value is -0.760. The minimum absolute atomic E-state index is 0.0813. The van der Waals surface area contributed by atoms with E-state index in [2.05, 4.69) is 19.2 Å². The van der Waals surface area contributed by atoms with Crippen LogP contribution in [0.5, 0.6) is 0 Å². The molecule has 0 saturated heterocycles. The molecule has 0 aromatic carbocycles. The van der Waals surface area contributed by atoms with E-state index >= 15 is 0 Å². The number of hydrogen-bond donors (Lipinski definition) is 4. The number of amides is 1. The van der Waals surface area contributed by atoms with Gasteiger partial charge in [-0.3, -0.25) is 13.8 Å². The third-order valence-electron chi connectivity index (χ3n) is 9.86. The van der Waals surface area contributed by atoms with Crippen molar-refractivity contribution >= 4 is 13.7 Å². The molecule has 3 atom stereocenters. The average Bonchev–Trinajstić information content (AvgIpc) is 3.12. The number of phosphoric ester groups is 1. The quantitative estimate of drug-likeness (QED) is 0.0278. The van der Waals surface area contributed by atoms with E-state index in [1.807, 2.05) is 6.08 Å². The van der Waals surface area contributed by atoms with Crippen LogP contribution in [0, 0.1) is 0 Å². The molecule has 0 aromatic rings. The number of aliphatic hydroxyl groups excluding tert-OH is 1. The van der Waals surface area contributed by atoms with Crippen LogP contribution in [0.1, 0.15) is 219 Å². The fraction of sp³-hybridized carbons (Fsp3) is 0.929. The van der Waals surface area contributed by atoms with Crippen molar-refractivity contribution in [2.24, 2.45) is 5.73 Å². The topological polar surface area (TPSA) is 131 Å². The van der Waals surface area contributed by atoms with E-state index in [9.17, 15) is 19.4 Å². The number of allylic oxidation sites excluding steroid dienone is 1. The van der Waals surface area contributed by atoms with Crippen molar-refractivity contribution in [3.63, 3.8) is 0 Å². The van der Waals surface area contributed by atoms with Gasteiger partial charge < -0.3 is 21.1 Å². The van der Waals surface area contributed by atoms with Crippen molar-refractivity contribution < 1.29 is 28.4 Å². The highest BCUT2D eigenvalue weighted by molar-refractivity contribution is 7.47. The number of nitrogens with two attached hydrogens (primary N) is 1. The average molecular weight is 745 g/mol. The van der Waals surface area contributed by atoms with Crippen molar-refractivity contribution in [2.75, 3.05) is 19.8 Å². The molecule has 8 nitrogen and oxygen atoms in total. The zero-order valence-electron chi connectivity index (χ0n) is 33.6. The van der Waals surface area contributed by atoms with Crippen LogP contribution in [0.25, 0.3) is 0 Å². The van der Waals surface area contributed by atoms with Crippen molar-refractivity contribution in [3.8, 4) is 0 Å². The minimum atomic E-state index is -4.33.